The van der Waals surface area contributed by atoms with Crippen molar-refractivity contribution >= 4 is 5.78 Å². The fourth-order valence-corrected chi connectivity index (χ4v) is 1.27. The van der Waals surface area contributed by atoms with Crippen LogP contribution in [0.5, 0.6) is 0 Å². The average Bonchev–Trinajstić information content (AvgIpc) is 1.97. The summed E-state index contributed by atoms with van der Waals surface area (Å²) < 4.78 is 0. The van der Waals surface area contributed by atoms with E-state index in [9.17, 15) is 4.79 Å². The molecule has 0 aromatic heterocycles. The standard InChI is InChI=1S/C10H21NO/c1-4-5-6-7-8-11(3)9-10(2)12/h4-9H2,1-3H3. The van der Waals surface area contributed by atoms with E-state index < -0.39 is 0 Å². The van der Waals surface area contributed by atoms with Crippen LogP contribution in [0, 0.1) is 0 Å². The quantitative estimate of drug-likeness (QED) is 0.547. The van der Waals surface area contributed by atoms with Crippen molar-refractivity contribution in [2.24, 2.45) is 0 Å². The van der Waals surface area contributed by atoms with Crippen LogP contribution in [0.25, 0.3) is 0 Å². The van der Waals surface area contributed by atoms with E-state index in [0.29, 0.717) is 6.54 Å². The Morgan fingerprint density at radius 2 is 1.92 bits per heavy atom. The number of hydrogen-bond acceptors (Lipinski definition) is 2. The Morgan fingerprint density at radius 1 is 1.25 bits per heavy atom. The van der Waals surface area contributed by atoms with E-state index in [0.717, 1.165) is 6.54 Å². The maximum absolute atomic E-state index is 10.7. The van der Waals surface area contributed by atoms with Crippen molar-refractivity contribution in [2.75, 3.05) is 20.1 Å². The number of unbranched alkanes of at least 4 members (excludes halogenated alkanes) is 3. The third-order valence-electron chi connectivity index (χ3n) is 1.89. The van der Waals surface area contributed by atoms with Crippen molar-refractivity contribution in [2.45, 2.75) is 39.5 Å². The van der Waals surface area contributed by atoms with Crippen LogP contribution in [0.3, 0.4) is 0 Å². The largest absolute Gasteiger partial charge is 0.299 e. The molecule has 0 spiro atoms. The van der Waals surface area contributed by atoms with E-state index >= 15 is 0 Å². The summed E-state index contributed by atoms with van der Waals surface area (Å²) in [4.78, 5) is 12.8. The van der Waals surface area contributed by atoms with Crippen molar-refractivity contribution in [1.82, 2.24) is 4.90 Å². The number of ketones is 1. The summed E-state index contributed by atoms with van der Waals surface area (Å²) in [5, 5.41) is 0. The second-order valence-corrected chi connectivity index (χ2v) is 3.50. The van der Waals surface area contributed by atoms with Crippen LogP contribution in [0.15, 0.2) is 0 Å². The molecule has 0 unspecified atom stereocenters. The van der Waals surface area contributed by atoms with E-state index in [1.807, 2.05) is 7.05 Å². The first-order valence-corrected chi connectivity index (χ1v) is 4.84. The zero-order chi connectivity index (χ0) is 9.40. The number of rotatable bonds is 7. The van der Waals surface area contributed by atoms with E-state index in [4.69, 9.17) is 0 Å². The molecule has 0 aromatic rings. The van der Waals surface area contributed by atoms with Gasteiger partial charge in [-0.25, -0.2) is 0 Å². The van der Waals surface area contributed by atoms with Gasteiger partial charge >= 0.3 is 0 Å². The van der Waals surface area contributed by atoms with Gasteiger partial charge in [0.25, 0.3) is 0 Å². The van der Waals surface area contributed by atoms with Gasteiger partial charge in [-0.15, -0.1) is 0 Å². The molecule has 2 nitrogen and oxygen atoms in total. The molecule has 0 fully saturated rings. The van der Waals surface area contributed by atoms with Crippen LogP contribution in [0.2, 0.25) is 0 Å². The molecule has 0 bridgehead atoms. The number of hydrogen-bond donors (Lipinski definition) is 0. The molecule has 0 aromatic carbocycles. The maximum Gasteiger partial charge on any atom is 0.143 e. The molecule has 0 rings (SSSR count). The summed E-state index contributed by atoms with van der Waals surface area (Å²) in [6.45, 7) is 5.51. The van der Waals surface area contributed by atoms with Gasteiger partial charge in [0.15, 0.2) is 0 Å². The molecular weight excluding hydrogens is 150 g/mol. The Kier molecular flexibility index (Phi) is 7.06. The van der Waals surface area contributed by atoms with E-state index in [2.05, 4.69) is 11.8 Å². The molecule has 0 aliphatic carbocycles. The number of Topliss-reactive ketones (excluding diaryl/α,β-unsaturated/α-hetero) is 1. The maximum atomic E-state index is 10.7. The van der Waals surface area contributed by atoms with Crippen molar-refractivity contribution < 1.29 is 4.79 Å². The third kappa shape index (κ3) is 7.73. The fraction of sp³-hybridized carbons (Fsp3) is 0.900. The summed E-state index contributed by atoms with van der Waals surface area (Å²) in [7, 11) is 2.01. The minimum absolute atomic E-state index is 0.257. The number of nitrogens with zero attached hydrogens (tertiary/aromatic N) is 1. The van der Waals surface area contributed by atoms with Gasteiger partial charge in [-0.3, -0.25) is 9.69 Å². The summed E-state index contributed by atoms with van der Waals surface area (Å²) in [5.41, 5.74) is 0. The highest BCUT2D eigenvalue weighted by molar-refractivity contribution is 5.77. The first-order valence-electron chi connectivity index (χ1n) is 4.84. The molecule has 12 heavy (non-hydrogen) atoms. The summed E-state index contributed by atoms with van der Waals surface area (Å²) >= 11 is 0. The lowest BCUT2D eigenvalue weighted by Gasteiger charge is -2.13. The van der Waals surface area contributed by atoms with Crippen molar-refractivity contribution in [1.29, 1.82) is 0 Å². The van der Waals surface area contributed by atoms with Gasteiger partial charge < -0.3 is 0 Å². The van der Waals surface area contributed by atoms with Crippen LogP contribution in [-0.2, 0) is 4.79 Å². The second-order valence-electron chi connectivity index (χ2n) is 3.50. The third-order valence-corrected chi connectivity index (χ3v) is 1.89. The predicted octanol–water partition coefficient (Wildman–Crippen LogP) is 2.09. The first kappa shape index (κ1) is 11.6. The lowest BCUT2D eigenvalue weighted by molar-refractivity contribution is -0.117. The fourth-order valence-electron chi connectivity index (χ4n) is 1.27. The van der Waals surface area contributed by atoms with Gasteiger partial charge in [0.05, 0.1) is 6.54 Å². The summed E-state index contributed by atoms with van der Waals surface area (Å²) in [6, 6.07) is 0. The smallest absolute Gasteiger partial charge is 0.143 e. The minimum Gasteiger partial charge on any atom is -0.299 e. The lowest BCUT2D eigenvalue weighted by atomic mass is 10.2. The monoisotopic (exact) mass is 171 g/mol. The van der Waals surface area contributed by atoms with Gasteiger partial charge in [0.2, 0.25) is 0 Å². The Hall–Kier alpha value is -0.370. The highest BCUT2D eigenvalue weighted by atomic mass is 16.1. The molecule has 0 N–H and O–H groups in total. The Morgan fingerprint density at radius 3 is 2.42 bits per heavy atom. The van der Waals surface area contributed by atoms with Crippen molar-refractivity contribution in [3.05, 3.63) is 0 Å². The van der Waals surface area contributed by atoms with Gasteiger partial charge in [-0.1, -0.05) is 26.2 Å². The summed E-state index contributed by atoms with van der Waals surface area (Å²) in [6.07, 6.45) is 5.10. The number of carbonyl (C=O) groups is 1. The second kappa shape index (κ2) is 7.29. The van der Waals surface area contributed by atoms with Crippen LogP contribution in [0.4, 0.5) is 0 Å². The van der Waals surface area contributed by atoms with Gasteiger partial charge in [0.1, 0.15) is 5.78 Å². The Balaban J connectivity index is 3.19. The molecule has 0 aliphatic heterocycles. The van der Waals surface area contributed by atoms with Gasteiger partial charge in [-0.2, -0.15) is 0 Å². The van der Waals surface area contributed by atoms with E-state index in [-0.39, 0.29) is 5.78 Å². The SMILES string of the molecule is CCCCCCN(C)CC(C)=O. The Labute approximate surface area is 75.9 Å². The molecule has 0 heterocycles. The highest BCUT2D eigenvalue weighted by Crippen LogP contribution is 1.99. The Bertz CT molecular complexity index is 123. The van der Waals surface area contributed by atoms with E-state index in [1.165, 1.54) is 25.7 Å². The number of likely N-dealkylation sites (N-methyl/N-ethyl adjacent to an activating group) is 1. The number of carbonyl (C=O) groups excluding carboxylic acids is 1. The minimum atomic E-state index is 0.257. The van der Waals surface area contributed by atoms with Crippen LogP contribution in [0.1, 0.15) is 39.5 Å². The molecule has 0 aliphatic rings. The normalized spacial score (nSPS) is 10.7. The van der Waals surface area contributed by atoms with E-state index in [1.54, 1.807) is 6.92 Å². The summed E-state index contributed by atoms with van der Waals surface area (Å²) in [5.74, 6) is 0.257. The molecule has 0 amide bonds. The molecule has 0 atom stereocenters. The first-order chi connectivity index (χ1) is 5.66. The van der Waals surface area contributed by atoms with Gasteiger partial charge in [0, 0.05) is 0 Å². The molecule has 0 saturated heterocycles. The van der Waals surface area contributed by atoms with Crippen LogP contribution in [-0.4, -0.2) is 30.8 Å². The highest BCUT2D eigenvalue weighted by Gasteiger charge is 1.99. The van der Waals surface area contributed by atoms with Crippen LogP contribution < -0.4 is 0 Å². The van der Waals surface area contributed by atoms with Crippen LogP contribution >= 0.6 is 0 Å². The topological polar surface area (TPSA) is 20.3 Å². The van der Waals surface area contributed by atoms with Crippen molar-refractivity contribution in [3.63, 3.8) is 0 Å². The molecular formula is C10H21NO. The predicted molar refractivity (Wildman–Crippen MR) is 52.3 cm³/mol. The average molecular weight is 171 g/mol. The lowest BCUT2D eigenvalue weighted by Crippen LogP contribution is -2.25. The van der Waals surface area contributed by atoms with Crippen molar-refractivity contribution in [3.8, 4) is 0 Å². The molecule has 72 valence electrons. The molecule has 0 saturated carbocycles. The molecule has 0 radical (unpaired) electrons. The molecule has 2 heteroatoms. The van der Waals surface area contributed by atoms with Gasteiger partial charge in [-0.05, 0) is 26.9 Å². The zero-order valence-electron chi connectivity index (χ0n) is 8.60. The zero-order valence-corrected chi connectivity index (χ0v) is 8.60.